The Morgan fingerprint density at radius 3 is 2.89 bits per heavy atom. The van der Waals surface area contributed by atoms with Gasteiger partial charge < -0.3 is 9.73 Å². The molecule has 3 rings (SSSR count). The average molecular weight is 343 g/mol. The van der Waals surface area contributed by atoms with Crippen LogP contribution in [0.3, 0.4) is 0 Å². The van der Waals surface area contributed by atoms with Gasteiger partial charge in [-0.05, 0) is 31.4 Å². The minimum absolute atomic E-state index is 0.680. The van der Waals surface area contributed by atoms with E-state index in [1.165, 1.54) is 18.4 Å². The zero-order valence-electron chi connectivity index (χ0n) is 10.9. The van der Waals surface area contributed by atoms with Crippen molar-refractivity contribution in [3.8, 4) is 0 Å². The number of nitrogens with one attached hydrogen (secondary N) is 1. The molecule has 1 aromatic carbocycles. The highest BCUT2D eigenvalue weighted by Crippen LogP contribution is 2.35. The van der Waals surface area contributed by atoms with Crippen LogP contribution in [-0.2, 0) is 13.0 Å². The van der Waals surface area contributed by atoms with Crippen molar-refractivity contribution in [2.24, 2.45) is 0 Å². The Kier molecular flexibility index (Phi) is 3.88. The molecule has 102 valence electrons. The Hall–Kier alpha value is -0.510. The van der Waals surface area contributed by atoms with Crippen LogP contribution < -0.4 is 5.32 Å². The van der Waals surface area contributed by atoms with Gasteiger partial charge >= 0.3 is 0 Å². The molecule has 0 radical (unpaired) electrons. The van der Waals surface area contributed by atoms with Crippen LogP contribution >= 0.6 is 27.5 Å². The predicted molar refractivity (Wildman–Crippen MR) is 82.8 cm³/mol. The molecule has 0 aliphatic heterocycles. The molecular formula is C15H17BrClNO. The lowest BCUT2D eigenvalue weighted by Crippen LogP contribution is -2.15. The van der Waals surface area contributed by atoms with E-state index in [9.17, 15) is 0 Å². The van der Waals surface area contributed by atoms with Crippen LogP contribution in [0.25, 0.3) is 11.0 Å². The fraction of sp³-hybridized carbons (Fsp3) is 0.467. The largest absolute Gasteiger partial charge is 0.458 e. The first kappa shape index (κ1) is 13.5. The van der Waals surface area contributed by atoms with Crippen molar-refractivity contribution in [1.82, 2.24) is 5.32 Å². The number of benzene rings is 1. The van der Waals surface area contributed by atoms with Crippen molar-refractivity contribution in [2.45, 2.75) is 45.2 Å². The summed E-state index contributed by atoms with van der Waals surface area (Å²) < 4.78 is 7.00. The van der Waals surface area contributed by atoms with Crippen LogP contribution in [0.15, 0.2) is 21.0 Å². The van der Waals surface area contributed by atoms with E-state index < -0.39 is 0 Å². The van der Waals surface area contributed by atoms with Crippen LogP contribution in [0.5, 0.6) is 0 Å². The predicted octanol–water partition coefficient (Wildman–Crippen LogP) is 5.05. The summed E-state index contributed by atoms with van der Waals surface area (Å²) in [4.78, 5) is 0. The first-order valence-electron chi connectivity index (χ1n) is 6.81. The molecule has 19 heavy (non-hydrogen) atoms. The van der Waals surface area contributed by atoms with Gasteiger partial charge in [0, 0.05) is 21.5 Å². The number of hydrogen-bond acceptors (Lipinski definition) is 2. The second-order valence-corrected chi connectivity index (χ2v) is 6.50. The molecule has 0 spiro atoms. The fourth-order valence-electron chi connectivity index (χ4n) is 2.41. The summed E-state index contributed by atoms with van der Waals surface area (Å²) in [5, 5.41) is 5.35. The maximum atomic E-state index is 6.28. The summed E-state index contributed by atoms with van der Waals surface area (Å²) in [7, 11) is 0. The third-order valence-corrected chi connectivity index (χ3v) is 4.26. The minimum atomic E-state index is 0.680. The van der Waals surface area contributed by atoms with E-state index in [-0.39, 0.29) is 0 Å². The Bertz CT molecular complexity index is 604. The molecule has 0 saturated heterocycles. The Labute approximate surface area is 126 Å². The molecule has 0 amide bonds. The van der Waals surface area contributed by atoms with Crippen LogP contribution in [0.2, 0.25) is 5.02 Å². The second kappa shape index (κ2) is 5.47. The number of rotatable bonds is 5. The van der Waals surface area contributed by atoms with E-state index in [1.807, 2.05) is 6.07 Å². The second-order valence-electron chi connectivity index (χ2n) is 5.17. The van der Waals surface area contributed by atoms with Crippen molar-refractivity contribution in [2.75, 3.05) is 0 Å². The van der Waals surface area contributed by atoms with Crippen LogP contribution in [0.4, 0.5) is 0 Å². The molecule has 4 heteroatoms. The SMILES string of the molecule is CCCc1c(CNC2CC2)oc2c(Cl)cc(Br)cc12. The van der Waals surface area contributed by atoms with Gasteiger partial charge in [-0.25, -0.2) is 0 Å². The van der Waals surface area contributed by atoms with Gasteiger partial charge in [0.2, 0.25) is 0 Å². The Balaban J connectivity index is 2.03. The lowest BCUT2D eigenvalue weighted by molar-refractivity contribution is 0.506. The fourth-order valence-corrected chi connectivity index (χ4v) is 3.26. The van der Waals surface area contributed by atoms with Gasteiger partial charge in [-0.3, -0.25) is 0 Å². The Morgan fingerprint density at radius 2 is 2.21 bits per heavy atom. The molecule has 0 atom stereocenters. The summed E-state index contributed by atoms with van der Waals surface area (Å²) in [6, 6.07) is 4.68. The van der Waals surface area contributed by atoms with Gasteiger partial charge in [-0.15, -0.1) is 0 Å². The minimum Gasteiger partial charge on any atom is -0.458 e. The maximum Gasteiger partial charge on any atom is 0.153 e. The molecule has 0 bridgehead atoms. The number of furan rings is 1. The molecule has 1 aliphatic rings. The molecular weight excluding hydrogens is 326 g/mol. The Morgan fingerprint density at radius 1 is 1.42 bits per heavy atom. The van der Waals surface area contributed by atoms with Crippen molar-refractivity contribution in [3.63, 3.8) is 0 Å². The summed E-state index contributed by atoms with van der Waals surface area (Å²) in [5.41, 5.74) is 2.12. The molecule has 2 nitrogen and oxygen atoms in total. The van der Waals surface area contributed by atoms with Gasteiger partial charge in [0.05, 0.1) is 11.6 Å². The molecule has 1 N–H and O–H groups in total. The summed E-state index contributed by atoms with van der Waals surface area (Å²) in [6.07, 6.45) is 4.71. The molecule has 0 unspecified atom stereocenters. The number of fused-ring (bicyclic) bond motifs is 1. The summed E-state index contributed by atoms with van der Waals surface area (Å²) in [6.45, 7) is 3.00. The van der Waals surface area contributed by atoms with Gasteiger partial charge in [0.25, 0.3) is 0 Å². The van der Waals surface area contributed by atoms with E-state index in [2.05, 4.69) is 34.2 Å². The van der Waals surface area contributed by atoms with Crippen molar-refractivity contribution in [1.29, 1.82) is 0 Å². The summed E-state index contributed by atoms with van der Waals surface area (Å²) in [5.74, 6) is 1.05. The van der Waals surface area contributed by atoms with Gasteiger partial charge in [0.15, 0.2) is 5.58 Å². The number of hydrogen-bond donors (Lipinski definition) is 1. The van der Waals surface area contributed by atoms with E-state index in [1.54, 1.807) is 0 Å². The van der Waals surface area contributed by atoms with E-state index >= 15 is 0 Å². The normalized spacial score (nSPS) is 15.3. The third kappa shape index (κ3) is 2.83. The highest BCUT2D eigenvalue weighted by Gasteiger charge is 2.22. The summed E-state index contributed by atoms with van der Waals surface area (Å²) >= 11 is 9.79. The number of halogens is 2. The molecule has 1 heterocycles. The molecule has 1 aromatic heterocycles. The zero-order chi connectivity index (χ0) is 13.4. The first-order chi connectivity index (χ1) is 9.19. The lowest BCUT2D eigenvalue weighted by atomic mass is 10.1. The number of aryl methyl sites for hydroxylation is 1. The molecule has 2 aromatic rings. The molecule has 1 aliphatic carbocycles. The van der Waals surface area contributed by atoms with Crippen LogP contribution in [0, 0.1) is 0 Å². The van der Waals surface area contributed by atoms with Gasteiger partial charge in [-0.1, -0.05) is 40.9 Å². The third-order valence-electron chi connectivity index (χ3n) is 3.52. The standard InChI is InChI=1S/C15H17BrClNO/c1-2-3-11-12-6-9(16)7-13(17)15(12)19-14(11)8-18-10-4-5-10/h6-7,10,18H,2-5,8H2,1H3. The van der Waals surface area contributed by atoms with Gasteiger partial charge in [-0.2, -0.15) is 0 Å². The quantitative estimate of drug-likeness (QED) is 0.822. The zero-order valence-corrected chi connectivity index (χ0v) is 13.3. The average Bonchev–Trinajstić information content (AvgIpc) is 3.13. The highest BCUT2D eigenvalue weighted by molar-refractivity contribution is 9.10. The van der Waals surface area contributed by atoms with Crippen molar-refractivity contribution < 1.29 is 4.42 Å². The lowest BCUT2D eigenvalue weighted by Gasteiger charge is -2.03. The van der Waals surface area contributed by atoms with E-state index in [0.717, 1.165) is 40.6 Å². The molecule has 1 saturated carbocycles. The highest BCUT2D eigenvalue weighted by atomic mass is 79.9. The maximum absolute atomic E-state index is 6.28. The van der Waals surface area contributed by atoms with Crippen molar-refractivity contribution in [3.05, 3.63) is 33.0 Å². The topological polar surface area (TPSA) is 25.2 Å². The van der Waals surface area contributed by atoms with Crippen LogP contribution in [-0.4, -0.2) is 6.04 Å². The smallest absolute Gasteiger partial charge is 0.153 e. The molecule has 1 fully saturated rings. The first-order valence-corrected chi connectivity index (χ1v) is 7.98. The van der Waals surface area contributed by atoms with Crippen molar-refractivity contribution >= 4 is 38.5 Å². The van der Waals surface area contributed by atoms with E-state index in [4.69, 9.17) is 16.0 Å². The van der Waals surface area contributed by atoms with Crippen LogP contribution in [0.1, 0.15) is 37.5 Å². The monoisotopic (exact) mass is 341 g/mol. The van der Waals surface area contributed by atoms with Gasteiger partial charge in [0.1, 0.15) is 5.76 Å². The van der Waals surface area contributed by atoms with E-state index in [0.29, 0.717) is 11.1 Å².